The third-order valence-corrected chi connectivity index (χ3v) is 2.49. The summed E-state index contributed by atoms with van der Waals surface area (Å²) < 4.78 is 20.7. The Bertz CT molecular complexity index is 556. The highest BCUT2D eigenvalue weighted by molar-refractivity contribution is 6.28. The minimum Gasteiger partial charge on any atom is -0.493 e. The van der Waals surface area contributed by atoms with Crippen LogP contribution in [0.2, 0.25) is 5.28 Å². The third-order valence-electron chi connectivity index (χ3n) is 2.34. The summed E-state index contributed by atoms with van der Waals surface area (Å²) in [5.74, 6) is 1.69. The van der Waals surface area contributed by atoms with Gasteiger partial charge in [-0.2, -0.15) is 4.98 Å². The maximum absolute atomic E-state index is 5.63. The van der Waals surface area contributed by atoms with Crippen LogP contribution in [0, 0.1) is 0 Å². The highest BCUT2D eigenvalue weighted by Crippen LogP contribution is 2.43. The molecular weight excluding hydrogens is 260 g/mol. The Kier molecular flexibility index (Phi) is 3.57. The minimum atomic E-state index is 0.0295. The van der Waals surface area contributed by atoms with E-state index in [-0.39, 0.29) is 11.2 Å². The summed E-state index contributed by atoms with van der Waals surface area (Å²) >= 11 is 5.63. The van der Waals surface area contributed by atoms with Crippen LogP contribution in [0.1, 0.15) is 0 Å². The van der Waals surface area contributed by atoms with E-state index >= 15 is 0 Å². The molecule has 1 aromatic heterocycles. The fourth-order valence-electron chi connectivity index (χ4n) is 1.58. The van der Waals surface area contributed by atoms with Crippen molar-refractivity contribution in [1.29, 1.82) is 0 Å². The number of methoxy groups -OCH3 is 3. The van der Waals surface area contributed by atoms with Gasteiger partial charge in [-0.05, 0) is 28.9 Å². The number of nitrogens with zero attached hydrogens (tertiary/aromatic N) is 2. The van der Waals surface area contributed by atoms with Crippen molar-refractivity contribution in [3.05, 3.63) is 17.4 Å². The zero-order valence-electron chi connectivity index (χ0n) is 10.1. The average molecular weight is 271 g/mol. The molecule has 0 aliphatic heterocycles. The van der Waals surface area contributed by atoms with Gasteiger partial charge in [0.2, 0.25) is 5.75 Å². The summed E-state index contributed by atoms with van der Waals surface area (Å²) in [6, 6.07) is 3.44. The lowest BCUT2D eigenvalue weighted by Crippen LogP contribution is -1.96. The van der Waals surface area contributed by atoms with Crippen LogP contribution >= 0.6 is 11.6 Å². The zero-order valence-corrected chi connectivity index (χ0v) is 10.8. The molecule has 0 bridgehead atoms. The second-order valence-corrected chi connectivity index (χ2v) is 3.59. The summed E-state index contributed by atoms with van der Waals surface area (Å²) in [6.45, 7) is 0. The predicted octanol–water partition coefficient (Wildman–Crippen LogP) is 2.42. The average Bonchev–Trinajstić information content (AvgIpc) is 2.83. The van der Waals surface area contributed by atoms with Crippen LogP contribution in [0.3, 0.4) is 0 Å². The first kappa shape index (κ1) is 12.5. The van der Waals surface area contributed by atoms with Gasteiger partial charge in [0.25, 0.3) is 11.2 Å². The van der Waals surface area contributed by atoms with E-state index in [9.17, 15) is 0 Å². The van der Waals surface area contributed by atoms with E-state index in [1.54, 1.807) is 19.2 Å². The molecule has 0 saturated heterocycles. The molecule has 0 unspecified atom stereocenters. The fourth-order valence-corrected chi connectivity index (χ4v) is 1.70. The number of aromatic nitrogens is 2. The van der Waals surface area contributed by atoms with Gasteiger partial charge in [0, 0.05) is 0 Å². The topological polar surface area (TPSA) is 66.6 Å². The largest absolute Gasteiger partial charge is 0.493 e. The molecule has 0 atom stereocenters. The molecule has 7 heteroatoms. The van der Waals surface area contributed by atoms with Gasteiger partial charge in [-0.1, -0.05) is 0 Å². The Morgan fingerprint density at radius 2 is 1.78 bits per heavy atom. The van der Waals surface area contributed by atoms with Crippen LogP contribution in [0.15, 0.2) is 16.7 Å². The smallest absolute Gasteiger partial charge is 0.264 e. The molecule has 0 fully saturated rings. The predicted molar refractivity (Wildman–Crippen MR) is 64.4 cm³/mol. The van der Waals surface area contributed by atoms with E-state index in [0.29, 0.717) is 22.8 Å². The zero-order chi connectivity index (χ0) is 13.1. The lowest BCUT2D eigenvalue weighted by atomic mass is 10.1. The van der Waals surface area contributed by atoms with Crippen molar-refractivity contribution in [3.63, 3.8) is 0 Å². The van der Waals surface area contributed by atoms with Crippen molar-refractivity contribution in [1.82, 2.24) is 10.1 Å². The second-order valence-electron chi connectivity index (χ2n) is 3.25. The van der Waals surface area contributed by atoms with E-state index in [1.807, 2.05) is 0 Å². The molecule has 6 nitrogen and oxygen atoms in total. The summed E-state index contributed by atoms with van der Waals surface area (Å²) in [4.78, 5) is 3.93. The maximum Gasteiger partial charge on any atom is 0.264 e. The molecule has 0 spiro atoms. The molecule has 18 heavy (non-hydrogen) atoms. The quantitative estimate of drug-likeness (QED) is 0.850. The molecule has 96 valence electrons. The number of benzene rings is 1. The number of halogens is 1. The van der Waals surface area contributed by atoms with Crippen LogP contribution in [-0.4, -0.2) is 31.5 Å². The number of hydrogen-bond donors (Lipinski definition) is 0. The lowest BCUT2D eigenvalue weighted by Gasteiger charge is -2.13. The van der Waals surface area contributed by atoms with Gasteiger partial charge >= 0.3 is 0 Å². The number of hydrogen-bond acceptors (Lipinski definition) is 6. The van der Waals surface area contributed by atoms with E-state index in [2.05, 4.69) is 10.1 Å². The van der Waals surface area contributed by atoms with E-state index in [4.69, 9.17) is 30.3 Å². The molecule has 0 aliphatic carbocycles. The van der Waals surface area contributed by atoms with Crippen LogP contribution in [-0.2, 0) is 0 Å². The Morgan fingerprint density at radius 1 is 1.06 bits per heavy atom. The van der Waals surface area contributed by atoms with Gasteiger partial charge in [0.05, 0.1) is 26.9 Å². The van der Waals surface area contributed by atoms with E-state index in [1.165, 1.54) is 14.2 Å². The SMILES string of the molecule is COc1ccc(-c2nc(Cl)no2)c(OC)c1OC. The summed E-state index contributed by atoms with van der Waals surface area (Å²) in [6.07, 6.45) is 0. The van der Waals surface area contributed by atoms with E-state index < -0.39 is 0 Å². The molecule has 2 rings (SSSR count). The first-order chi connectivity index (χ1) is 8.71. The monoisotopic (exact) mass is 270 g/mol. The van der Waals surface area contributed by atoms with Crippen molar-refractivity contribution in [2.24, 2.45) is 0 Å². The highest BCUT2D eigenvalue weighted by Gasteiger charge is 2.20. The Morgan fingerprint density at radius 3 is 2.28 bits per heavy atom. The van der Waals surface area contributed by atoms with Gasteiger partial charge in [0.15, 0.2) is 11.5 Å². The molecule has 0 amide bonds. The normalized spacial score (nSPS) is 10.2. The third kappa shape index (κ3) is 2.06. The van der Waals surface area contributed by atoms with E-state index in [0.717, 1.165) is 0 Å². The minimum absolute atomic E-state index is 0.0295. The van der Waals surface area contributed by atoms with Crippen molar-refractivity contribution < 1.29 is 18.7 Å². The van der Waals surface area contributed by atoms with Crippen LogP contribution in [0.5, 0.6) is 17.2 Å². The Hall–Kier alpha value is -1.95. The molecule has 1 aromatic carbocycles. The highest BCUT2D eigenvalue weighted by atomic mass is 35.5. The van der Waals surface area contributed by atoms with Crippen molar-refractivity contribution in [2.45, 2.75) is 0 Å². The lowest BCUT2D eigenvalue weighted by molar-refractivity contribution is 0.324. The summed E-state index contributed by atoms with van der Waals surface area (Å²) in [5.41, 5.74) is 0.578. The number of rotatable bonds is 4. The first-order valence-corrected chi connectivity index (χ1v) is 5.37. The van der Waals surface area contributed by atoms with Crippen molar-refractivity contribution in [3.8, 4) is 28.7 Å². The summed E-state index contributed by atoms with van der Waals surface area (Å²) in [7, 11) is 4.57. The first-order valence-electron chi connectivity index (χ1n) is 4.99. The number of ether oxygens (including phenoxy) is 3. The van der Waals surface area contributed by atoms with Crippen molar-refractivity contribution in [2.75, 3.05) is 21.3 Å². The van der Waals surface area contributed by atoms with Crippen LogP contribution < -0.4 is 14.2 Å². The van der Waals surface area contributed by atoms with Crippen LogP contribution in [0.4, 0.5) is 0 Å². The fraction of sp³-hybridized carbons (Fsp3) is 0.273. The van der Waals surface area contributed by atoms with Crippen LogP contribution in [0.25, 0.3) is 11.5 Å². The molecule has 0 radical (unpaired) electrons. The van der Waals surface area contributed by atoms with Gasteiger partial charge in [0.1, 0.15) is 0 Å². The van der Waals surface area contributed by atoms with Gasteiger partial charge in [-0.25, -0.2) is 0 Å². The molecular formula is C11H11ClN2O4. The molecule has 0 aliphatic rings. The molecule has 1 heterocycles. The standard InChI is InChI=1S/C11H11ClN2O4/c1-15-7-5-4-6(8(16-2)9(7)17-3)10-13-11(12)14-18-10/h4-5H,1-3H3. The Labute approximate surface area is 108 Å². The second kappa shape index (κ2) is 5.14. The van der Waals surface area contributed by atoms with Gasteiger partial charge in [-0.3, -0.25) is 0 Å². The molecule has 2 aromatic rings. The van der Waals surface area contributed by atoms with Crippen molar-refractivity contribution >= 4 is 11.6 Å². The van der Waals surface area contributed by atoms with Gasteiger partial charge in [-0.15, -0.1) is 0 Å². The Balaban J connectivity index is 2.61. The maximum atomic E-state index is 5.63. The molecule has 0 N–H and O–H groups in total. The summed E-state index contributed by atoms with van der Waals surface area (Å²) in [5, 5.41) is 3.55. The molecule has 0 saturated carbocycles. The van der Waals surface area contributed by atoms with Gasteiger partial charge < -0.3 is 18.7 Å².